The van der Waals surface area contributed by atoms with Gasteiger partial charge in [-0.3, -0.25) is 9.59 Å². The Hall–Kier alpha value is -2.11. The summed E-state index contributed by atoms with van der Waals surface area (Å²) in [5.74, 6) is -1.90. The molecule has 3 rings (SSSR count). The first-order valence-corrected chi connectivity index (χ1v) is 6.87. The highest BCUT2D eigenvalue weighted by molar-refractivity contribution is 6.04. The summed E-state index contributed by atoms with van der Waals surface area (Å²) in [6, 6.07) is 1.74. The first kappa shape index (κ1) is 12.9. The van der Waals surface area contributed by atoms with E-state index in [1.165, 1.54) is 0 Å². The van der Waals surface area contributed by atoms with E-state index in [0.717, 1.165) is 18.4 Å². The Morgan fingerprint density at radius 1 is 1.25 bits per heavy atom. The first-order valence-electron chi connectivity index (χ1n) is 6.87. The fraction of sp³-hybridized carbons (Fsp3) is 0.500. The van der Waals surface area contributed by atoms with Crippen LogP contribution in [0.15, 0.2) is 18.5 Å². The van der Waals surface area contributed by atoms with Gasteiger partial charge in [0, 0.05) is 12.4 Å². The fourth-order valence-corrected chi connectivity index (χ4v) is 2.99. The van der Waals surface area contributed by atoms with Crippen LogP contribution in [0.25, 0.3) is 0 Å². The van der Waals surface area contributed by atoms with Crippen molar-refractivity contribution in [2.75, 3.05) is 0 Å². The van der Waals surface area contributed by atoms with Crippen LogP contribution < -0.4 is 0 Å². The molecule has 1 aromatic rings. The van der Waals surface area contributed by atoms with Crippen LogP contribution in [0.2, 0.25) is 0 Å². The van der Waals surface area contributed by atoms with Gasteiger partial charge in [0.15, 0.2) is 0 Å². The Morgan fingerprint density at radius 2 is 1.90 bits per heavy atom. The molecule has 1 saturated heterocycles. The average Bonchev–Trinajstić information content (AvgIpc) is 3.03. The molecule has 2 aliphatic rings. The van der Waals surface area contributed by atoms with Gasteiger partial charge in [-0.1, -0.05) is 12.8 Å². The third-order valence-electron chi connectivity index (χ3n) is 4.00. The summed E-state index contributed by atoms with van der Waals surface area (Å²) in [7, 11) is 0. The summed E-state index contributed by atoms with van der Waals surface area (Å²) in [6.45, 7) is 0. The van der Waals surface area contributed by atoms with Crippen LogP contribution in [-0.2, 0) is 25.6 Å². The number of aromatic amines is 1. The molecule has 1 aromatic heterocycles. The van der Waals surface area contributed by atoms with E-state index >= 15 is 0 Å². The molecule has 1 aliphatic carbocycles. The molecule has 2 fully saturated rings. The molecule has 0 radical (unpaired) electrons. The van der Waals surface area contributed by atoms with Gasteiger partial charge >= 0.3 is 5.97 Å². The summed E-state index contributed by atoms with van der Waals surface area (Å²) in [4.78, 5) is 43.8. The summed E-state index contributed by atoms with van der Waals surface area (Å²) in [5.41, 5.74) is 0.756. The van der Waals surface area contributed by atoms with Crippen LogP contribution in [0, 0.1) is 11.8 Å². The second-order valence-electron chi connectivity index (χ2n) is 5.33. The molecule has 1 N–H and O–H groups in total. The van der Waals surface area contributed by atoms with Gasteiger partial charge < -0.3 is 9.82 Å². The molecule has 1 aliphatic heterocycles. The SMILES string of the molecule is O=C(Cc1cc[nH]c1)ON1C(=O)C2CCCCC2C1=O. The van der Waals surface area contributed by atoms with Crippen molar-refractivity contribution in [3.63, 3.8) is 0 Å². The fourth-order valence-electron chi connectivity index (χ4n) is 2.99. The lowest BCUT2D eigenvalue weighted by atomic mass is 9.81. The normalized spacial score (nSPS) is 25.7. The van der Waals surface area contributed by atoms with Crippen LogP contribution >= 0.6 is 0 Å². The monoisotopic (exact) mass is 276 g/mol. The Balaban J connectivity index is 1.66. The number of hydrogen-bond donors (Lipinski definition) is 1. The molecule has 106 valence electrons. The number of aromatic nitrogens is 1. The van der Waals surface area contributed by atoms with Crippen molar-refractivity contribution >= 4 is 17.8 Å². The van der Waals surface area contributed by atoms with Gasteiger partial charge in [0.2, 0.25) is 0 Å². The summed E-state index contributed by atoms with van der Waals surface area (Å²) in [6.07, 6.45) is 6.73. The zero-order valence-corrected chi connectivity index (χ0v) is 11.0. The third-order valence-corrected chi connectivity index (χ3v) is 4.00. The molecule has 0 aromatic carbocycles. The van der Waals surface area contributed by atoms with Crippen molar-refractivity contribution in [3.8, 4) is 0 Å². The van der Waals surface area contributed by atoms with E-state index in [-0.39, 0.29) is 30.1 Å². The first-order chi connectivity index (χ1) is 9.66. The van der Waals surface area contributed by atoms with E-state index in [1.807, 2.05) is 0 Å². The topological polar surface area (TPSA) is 79.5 Å². The van der Waals surface area contributed by atoms with Gasteiger partial charge in [0.1, 0.15) is 0 Å². The molecule has 1 saturated carbocycles. The minimum Gasteiger partial charge on any atom is -0.367 e. The molecule has 2 amide bonds. The maximum atomic E-state index is 12.1. The van der Waals surface area contributed by atoms with E-state index in [9.17, 15) is 14.4 Å². The molecular weight excluding hydrogens is 260 g/mol. The summed E-state index contributed by atoms with van der Waals surface area (Å²) in [5, 5.41) is 0.690. The lowest BCUT2D eigenvalue weighted by Crippen LogP contribution is -2.34. The van der Waals surface area contributed by atoms with E-state index in [1.54, 1.807) is 18.5 Å². The Bertz CT molecular complexity index is 513. The highest BCUT2D eigenvalue weighted by atomic mass is 16.7. The third kappa shape index (κ3) is 2.21. The molecule has 20 heavy (non-hydrogen) atoms. The molecule has 6 heteroatoms. The largest absolute Gasteiger partial charge is 0.367 e. The number of carbonyl (C=O) groups excluding carboxylic acids is 3. The number of fused-ring (bicyclic) bond motifs is 1. The van der Waals surface area contributed by atoms with Gasteiger partial charge in [-0.25, -0.2) is 4.79 Å². The van der Waals surface area contributed by atoms with Crippen molar-refractivity contribution in [2.45, 2.75) is 32.1 Å². The van der Waals surface area contributed by atoms with Gasteiger partial charge in [-0.2, -0.15) is 0 Å². The van der Waals surface area contributed by atoms with Crippen molar-refractivity contribution in [1.29, 1.82) is 0 Å². The molecule has 2 unspecified atom stereocenters. The number of hydrogen-bond acceptors (Lipinski definition) is 4. The van der Waals surface area contributed by atoms with Crippen molar-refractivity contribution in [1.82, 2.24) is 10.0 Å². The average molecular weight is 276 g/mol. The van der Waals surface area contributed by atoms with Gasteiger partial charge in [0.05, 0.1) is 18.3 Å². The van der Waals surface area contributed by atoms with Crippen LogP contribution in [0.3, 0.4) is 0 Å². The lowest BCUT2D eigenvalue weighted by molar-refractivity contribution is -0.198. The molecule has 2 atom stereocenters. The number of amides is 2. The number of rotatable bonds is 3. The predicted molar refractivity (Wildman–Crippen MR) is 67.9 cm³/mol. The number of nitrogens with one attached hydrogen (secondary N) is 1. The van der Waals surface area contributed by atoms with E-state index in [4.69, 9.17) is 4.84 Å². The minimum absolute atomic E-state index is 0.0376. The standard InChI is InChI=1S/C14H16N2O4/c17-12(7-9-5-6-15-8-9)20-16-13(18)10-3-1-2-4-11(10)14(16)19/h5-6,8,10-11,15H,1-4,7H2. The van der Waals surface area contributed by atoms with Crippen molar-refractivity contribution in [2.24, 2.45) is 11.8 Å². The lowest BCUT2D eigenvalue weighted by Gasteiger charge is -2.19. The number of carbonyl (C=O) groups is 3. The molecule has 0 bridgehead atoms. The predicted octanol–water partition coefficient (Wildman–Crippen LogP) is 1.19. The molecular formula is C14H16N2O4. The van der Waals surface area contributed by atoms with Crippen LogP contribution in [0.1, 0.15) is 31.2 Å². The van der Waals surface area contributed by atoms with Gasteiger partial charge in [-0.15, -0.1) is 5.06 Å². The van der Waals surface area contributed by atoms with Crippen LogP contribution in [0.5, 0.6) is 0 Å². The molecule has 0 spiro atoms. The van der Waals surface area contributed by atoms with Crippen molar-refractivity contribution < 1.29 is 19.2 Å². The highest BCUT2D eigenvalue weighted by Gasteiger charge is 2.50. The second-order valence-corrected chi connectivity index (χ2v) is 5.33. The van der Waals surface area contributed by atoms with E-state index in [2.05, 4.69) is 4.98 Å². The zero-order chi connectivity index (χ0) is 14.1. The zero-order valence-electron chi connectivity index (χ0n) is 11.0. The quantitative estimate of drug-likeness (QED) is 0.841. The van der Waals surface area contributed by atoms with Gasteiger partial charge in [-0.05, 0) is 24.5 Å². The highest BCUT2D eigenvalue weighted by Crippen LogP contribution is 2.38. The Labute approximate surface area is 116 Å². The van der Waals surface area contributed by atoms with E-state index < -0.39 is 5.97 Å². The Kier molecular flexibility index (Phi) is 3.30. The minimum atomic E-state index is -0.593. The number of imide groups is 1. The summed E-state index contributed by atoms with van der Waals surface area (Å²) >= 11 is 0. The Morgan fingerprint density at radius 3 is 2.45 bits per heavy atom. The maximum absolute atomic E-state index is 12.1. The number of nitrogens with zero attached hydrogens (tertiary/aromatic N) is 1. The molecule has 6 nitrogen and oxygen atoms in total. The smallest absolute Gasteiger partial charge is 0.337 e. The molecule has 2 heterocycles. The number of H-pyrrole nitrogens is 1. The summed E-state index contributed by atoms with van der Waals surface area (Å²) < 4.78 is 0. The van der Waals surface area contributed by atoms with Gasteiger partial charge in [0.25, 0.3) is 11.8 Å². The number of hydroxylamine groups is 2. The maximum Gasteiger partial charge on any atom is 0.337 e. The second kappa shape index (κ2) is 5.11. The van der Waals surface area contributed by atoms with Crippen LogP contribution in [0.4, 0.5) is 0 Å². The van der Waals surface area contributed by atoms with Crippen molar-refractivity contribution in [3.05, 3.63) is 24.0 Å². The van der Waals surface area contributed by atoms with Crippen LogP contribution in [-0.4, -0.2) is 27.8 Å². The van der Waals surface area contributed by atoms with E-state index in [0.29, 0.717) is 17.9 Å².